The Morgan fingerprint density at radius 1 is 1.31 bits per heavy atom. The van der Waals surface area contributed by atoms with E-state index in [0.29, 0.717) is 27.1 Å². The molecule has 0 saturated heterocycles. The van der Waals surface area contributed by atoms with Gasteiger partial charge < -0.3 is 18.8 Å². The van der Waals surface area contributed by atoms with Gasteiger partial charge in [-0.15, -0.1) is 0 Å². The molecule has 1 aromatic heterocycles. The average molecular weight is 391 g/mol. The van der Waals surface area contributed by atoms with Gasteiger partial charge in [-0.25, -0.2) is 0 Å². The molecule has 0 unspecified atom stereocenters. The van der Waals surface area contributed by atoms with Crippen LogP contribution in [0, 0.1) is 0 Å². The largest absolute Gasteiger partial charge is 0.495 e. The molecule has 0 fully saturated rings. The zero-order valence-electron chi connectivity index (χ0n) is 14.1. The fourth-order valence-corrected chi connectivity index (χ4v) is 4.08. The van der Waals surface area contributed by atoms with Gasteiger partial charge in [-0.2, -0.15) is 4.99 Å². The molecular weight excluding hydrogens is 376 g/mol. The zero-order chi connectivity index (χ0) is 18.3. The van der Waals surface area contributed by atoms with E-state index in [-0.39, 0.29) is 6.61 Å². The Bertz CT molecular complexity index is 1070. The normalized spacial score (nSPS) is 16.7. The highest BCUT2D eigenvalue weighted by atomic mass is 35.5. The van der Waals surface area contributed by atoms with Gasteiger partial charge in [0.2, 0.25) is 6.10 Å². The van der Waals surface area contributed by atoms with Crippen molar-refractivity contribution in [1.82, 2.24) is 4.57 Å². The second-order valence-electron chi connectivity index (χ2n) is 5.69. The van der Waals surface area contributed by atoms with Crippen LogP contribution in [-0.2, 0) is 11.8 Å². The van der Waals surface area contributed by atoms with E-state index in [1.807, 2.05) is 19.2 Å². The van der Waals surface area contributed by atoms with Crippen molar-refractivity contribution in [2.75, 3.05) is 13.7 Å². The number of ether oxygens (including phenoxy) is 3. The molecular formula is C18H15ClN2O4S. The summed E-state index contributed by atoms with van der Waals surface area (Å²) < 4.78 is 19.3. The van der Waals surface area contributed by atoms with E-state index in [4.69, 9.17) is 25.8 Å². The van der Waals surface area contributed by atoms with Gasteiger partial charge in [0.25, 0.3) is 5.91 Å². The lowest BCUT2D eigenvalue weighted by atomic mass is 10.2. The van der Waals surface area contributed by atoms with E-state index in [1.165, 1.54) is 11.3 Å². The first-order chi connectivity index (χ1) is 12.6. The van der Waals surface area contributed by atoms with Crippen LogP contribution in [0.25, 0.3) is 10.2 Å². The lowest BCUT2D eigenvalue weighted by Crippen LogP contribution is -2.36. The number of fused-ring (bicyclic) bond motifs is 2. The quantitative estimate of drug-likeness (QED) is 0.674. The molecule has 0 saturated carbocycles. The third-order valence-electron chi connectivity index (χ3n) is 4.07. The number of rotatable bonds is 2. The Kier molecular flexibility index (Phi) is 4.34. The standard InChI is InChI=1S/C18H15ClN2O4S/c1-21-15-13(23-2)8-7-10(19)16(15)26-18(21)20-17(22)14-9-24-11-5-3-4-6-12(11)25-14/h3-8,14H,9H2,1-2H3/t14-/m0/s1. The molecule has 0 N–H and O–H groups in total. The van der Waals surface area contributed by atoms with E-state index in [9.17, 15) is 4.79 Å². The monoisotopic (exact) mass is 390 g/mol. The fourth-order valence-electron chi connectivity index (χ4n) is 2.77. The smallest absolute Gasteiger partial charge is 0.292 e. The van der Waals surface area contributed by atoms with Gasteiger partial charge in [-0.05, 0) is 24.3 Å². The number of amides is 1. The van der Waals surface area contributed by atoms with Crippen LogP contribution in [0.3, 0.4) is 0 Å². The Morgan fingerprint density at radius 3 is 2.85 bits per heavy atom. The average Bonchev–Trinajstić information content (AvgIpc) is 2.99. The van der Waals surface area contributed by atoms with Crippen molar-refractivity contribution in [2.45, 2.75) is 6.10 Å². The van der Waals surface area contributed by atoms with Crippen molar-refractivity contribution in [3.63, 3.8) is 0 Å². The summed E-state index contributed by atoms with van der Waals surface area (Å²) in [4.78, 5) is 17.3. The Hall–Kier alpha value is -2.51. The summed E-state index contributed by atoms with van der Waals surface area (Å²) >= 11 is 7.61. The molecule has 3 aromatic rings. The molecule has 1 amide bonds. The number of aryl methyl sites for hydroxylation is 1. The number of aromatic nitrogens is 1. The number of methoxy groups -OCH3 is 1. The van der Waals surface area contributed by atoms with Gasteiger partial charge in [-0.3, -0.25) is 4.79 Å². The maximum atomic E-state index is 12.6. The van der Waals surface area contributed by atoms with Crippen molar-refractivity contribution >= 4 is 39.1 Å². The van der Waals surface area contributed by atoms with Gasteiger partial charge in [-0.1, -0.05) is 35.1 Å². The minimum absolute atomic E-state index is 0.123. The first-order valence-corrected chi connectivity index (χ1v) is 9.07. The maximum Gasteiger partial charge on any atom is 0.292 e. The fraction of sp³-hybridized carbons (Fsp3) is 0.222. The highest BCUT2D eigenvalue weighted by molar-refractivity contribution is 7.17. The summed E-state index contributed by atoms with van der Waals surface area (Å²) in [5.41, 5.74) is 0.794. The van der Waals surface area contributed by atoms with Crippen molar-refractivity contribution in [3.05, 3.63) is 46.2 Å². The molecule has 0 aliphatic carbocycles. The molecule has 8 heteroatoms. The Labute approximate surface area is 158 Å². The molecule has 1 atom stereocenters. The summed E-state index contributed by atoms with van der Waals surface area (Å²) in [6, 6.07) is 10.8. The predicted octanol–water partition coefficient (Wildman–Crippen LogP) is 3.17. The van der Waals surface area contributed by atoms with Crippen molar-refractivity contribution in [3.8, 4) is 17.2 Å². The van der Waals surface area contributed by atoms with Crippen molar-refractivity contribution < 1.29 is 19.0 Å². The number of halogens is 1. The van der Waals surface area contributed by atoms with Crippen LogP contribution in [0.4, 0.5) is 0 Å². The van der Waals surface area contributed by atoms with Crippen molar-refractivity contribution in [1.29, 1.82) is 0 Å². The lowest BCUT2D eigenvalue weighted by Gasteiger charge is -2.23. The number of carbonyl (C=O) groups is 1. The van der Waals surface area contributed by atoms with E-state index in [0.717, 1.165) is 10.2 Å². The summed E-state index contributed by atoms with van der Waals surface area (Å²) in [5.74, 6) is 1.43. The molecule has 2 aromatic carbocycles. The number of carbonyl (C=O) groups excluding carboxylic acids is 1. The summed E-state index contributed by atoms with van der Waals surface area (Å²) in [7, 11) is 3.41. The number of hydrogen-bond acceptors (Lipinski definition) is 5. The minimum Gasteiger partial charge on any atom is -0.495 e. The SMILES string of the molecule is COc1ccc(Cl)c2sc(=NC(=O)[C@@H]3COc4ccccc4O3)n(C)c12. The van der Waals surface area contributed by atoms with Gasteiger partial charge in [0.05, 0.1) is 16.8 Å². The topological polar surface area (TPSA) is 62.1 Å². The van der Waals surface area contributed by atoms with E-state index in [1.54, 1.807) is 35.9 Å². The summed E-state index contributed by atoms with van der Waals surface area (Å²) in [5, 5.41) is 0.585. The number of hydrogen-bond donors (Lipinski definition) is 0. The third-order valence-corrected chi connectivity index (χ3v) is 5.66. The number of thiazole rings is 1. The molecule has 1 aliphatic heterocycles. The highest BCUT2D eigenvalue weighted by Crippen LogP contribution is 2.33. The molecule has 134 valence electrons. The van der Waals surface area contributed by atoms with Gasteiger partial charge in [0.15, 0.2) is 16.3 Å². The molecule has 6 nitrogen and oxygen atoms in total. The Balaban J connectivity index is 1.72. The van der Waals surface area contributed by atoms with Gasteiger partial charge in [0.1, 0.15) is 17.9 Å². The minimum atomic E-state index is -0.785. The number of benzene rings is 2. The number of para-hydroxylation sites is 2. The van der Waals surface area contributed by atoms with E-state index in [2.05, 4.69) is 4.99 Å². The van der Waals surface area contributed by atoms with Crippen LogP contribution in [0.5, 0.6) is 17.2 Å². The number of nitrogens with zero attached hydrogens (tertiary/aromatic N) is 2. The zero-order valence-corrected chi connectivity index (χ0v) is 15.6. The highest BCUT2D eigenvalue weighted by Gasteiger charge is 2.27. The second-order valence-corrected chi connectivity index (χ2v) is 7.07. The molecule has 0 spiro atoms. The summed E-state index contributed by atoms with van der Waals surface area (Å²) in [6.45, 7) is 0.123. The molecule has 26 heavy (non-hydrogen) atoms. The van der Waals surface area contributed by atoms with Crippen molar-refractivity contribution in [2.24, 2.45) is 12.0 Å². The molecule has 4 rings (SSSR count). The third kappa shape index (κ3) is 2.83. The van der Waals surface area contributed by atoms with Crippen LogP contribution in [0.2, 0.25) is 5.02 Å². The van der Waals surface area contributed by atoms with E-state index < -0.39 is 12.0 Å². The Morgan fingerprint density at radius 2 is 2.08 bits per heavy atom. The van der Waals surface area contributed by atoms with Crippen LogP contribution >= 0.6 is 22.9 Å². The van der Waals surface area contributed by atoms with Crippen LogP contribution in [0.15, 0.2) is 41.4 Å². The first-order valence-electron chi connectivity index (χ1n) is 7.87. The molecule has 0 bridgehead atoms. The van der Waals surface area contributed by atoms with Crippen LogP contribution in [0.1, 0.15) is 0 Å². The van der Waals surface area contributed by atoms with Gasteiger partial charge in [0, 0.05) is 7.05 Å². The van der Waals surface area contributed by atoms with Crippen LogP contribution in [-0.4, -0.2) is 30.3 Å². The van der Waals surface area contributed by atoms with E-state index >= 15 is 0 Å². The predicted molar refractivity (Wildman–Crippen MR) is 99.3 cm³/mol. The van der Waals surface area contributed by atoms with Gasteiger partial charge >= 0.3 is 0 Å². The second kappa shape index (κ2) is 6.66. The molecule has 0 radical (unpaired) electrons. The summed E-state index contributed by atoms with van der Waals surface area (Å²) in [6.07, 6.45) is -0.785. The van der Waals surface area contributed by atoms with Crippen LogP contribution < -0.4 is 19.0 Å². The molecule has 2 heterocycles. The lowest BCUT2D eigenvalue weighted by molar-refractivity contribution is -0.127. The molecule has 1 aliphatic rings. The maximum absolute atomic E-state index is 12.6. The first kappa shape index (κ1) is 16.9.